The smallest absolute Gasteiger partial charge is 0.246 e. The number of nitrogen functional groups attached to an aromatic ring is 1. The average molecular weight is 313 g/mol. The maximum absolute atomic E-state index is 13.6. The summed E-state index contributed by atoms with van der Waals surface area (Å²) in [4.78, 5) is 4.00. The highest BCUT2D eigenvalue weighted by atomic mass is 79.9. The number of benzene rings is 1. The summed E-state index contributed by atoms with van der Waals surface area (Å²) >= 11 is 3.16. The lowest BCUT2D eigenvalue weighted by Crippen LogP contribution is -1.98. The van der Waals surface area contributed by atoms with Gasteiger partial charge in [-0.25, -0.2) is 4.39 Å². The molecule has 2 rings (SSSR count). The molecule has 0 aliphatic rings. The summed E-state index contributed by atoms with van der Waals surface area (Å²) in [5.41, 5.74) is 6.00. The first-order valence-corrected chi connectivity index (χ1v) is 5.83. The van der Waals surface area contributed by atoms with Gasteiger partial charge in [-0.2, -0.15) is 4.98 Å². The fourth-order valence-electron chi connectivity index (χ4n) is 1.29. The molecule has 0 saturated carbocycles. The van der Waals surface area contributed by atoms with E-state index in [2.05, 4.69) is 20.9 Å². The third-order valence-corrected chi connectivity index (χ3v) is 2.67. The zero-order chi connectivity index (χ0) is 13.1. The van der Waals surface area contributed by atoms with E-state index in [0.29, 0.717) is 16.0 Å². The molecule has 0 aliphatic heterocycles. The van der Waals surface area contributed by atoms with Crippen LogP contribution in [0, 0.1) is 5.82 Å². The van der Waals surface area contributed by atoms with Crippen molar-refractivity contribution in [3.05, 3.63) is 40.6 Å². The van der Waals surface area contributed by atoms with Crippen molar-refractivity contribution < 1.29 is 13.9 Å². The van der Waals surface area contributed by atoms with Crippen LogP contribution in [0.5, 0.6) is 17.5 Å². The molecule has 0 spiro atoms. The summed E-state index contributed by atoms with van der Waals surface area (Å²) in [5, 5.41) is 0. The standard InChI is InChI=1S/C12H10BrFN2O2/c1-17-11-5-3-9(15)12(16-11)18-10-4-2-7(13)6-8(10)14/h2-6H,15H2,1H3. The lowest BCUT2D eigenvalue weighted by Gasteiger charge is -2.09. The van der Waals surface area contributed by atoms with Crippen LogP contribution in [0.2, 0.25) is 0 Å². The zero-order valence-electron chi connectivity index (χ0n) is 9.48. The van der Waals surface area contributed by atoms with Crippen molar-refractivity contribution in [2.75, 3.05) is 12.8 Å². The van der Waals surface area contributed by atoms with Crippen molar-refractivity contribution in [3.8, 4) is 17.5 Å². The Kier molecular flexibility index (Phi) is 3.66. The lowest BCUT2D eigenvalue weighted by atomic mass is 10.3. The van der Waals surface area contributed by atoms with E-state index in [4.69, 9.17) is 15.2 Å². The second-order valence-electron chi connectivity index (χ2n) is 3.42. The van der Waals surface area contributed by atoms with Crippen molar-refractivity contribution in [1.29, 1.82) is 0 Å². The number of hydrogen-bond donors (Lipinski definition) is 1. The Hall–Kier alpha value is -1.82. The van der Waals surface area contributed by atoms with Gasteiger partial charge in [-0.1, -0.05) is 15.9 Å². The summed E-state index contributed by atoms with van der Waals surface area (Å²) in [5.74, 6) is -0.00802. The second kappa shape index (κ2) is 5.22. The number of pyridine rings is 1. The van der Waals surface area contributed by atoms with Gasteiger partial charge >= 0.3 is 0 Å². The first kappa shape index (κ1) is 12.6. The Morgan fingerprint density at radius 2 is 2.06 bits per heavy atom. The van der Waals surface area contributed by atoms with Gasteiger partial charge in [-0.05, 0) is 24.3 Å². The van der Waals surface area contributed by atoms with Crippen molar-refractivity contribution in [3.63, 3.8) is 0 Å². The number of methoxy groups -OCH3 is 1. The number of aromatic nitrogens is 1. The molecular weight excluding hydrogens is 303 g/mol. The van der Waals surface area contributed by atoms with E-state index in [0.717, 1.165) is 0 Å². The highest BCUT2D eigenvalue weighted by molar-refractivity contribution is 9.10. The van der Waals surface area contributed by atoms with Crippen molar-refractivity contribution in [2.45, 2.75) is 0 Å². The van der Waals surface area contributed by atoms with Gasteiger partial charge in [0.05, 0.1) is 12.8 Å². The largest absolute Gasteiger partial charge is 0.481 e. The van der Waals surface area contributed by atoms with Crippen molar-refractivity contribution >= 4 is 21.6 Å². The van der Waals surface area contributed by atoms with Gasteiger partial charge in [0.2, 0.25) is 11.8 Å². The van der Waals surface area contributed by atoms with Gasteiger partial charge in [-0.3, -0.25) is 0 Å². The molecule has 0 aliphatic carbocycles. The number of nitrogens with two attached hydrogens (primary N) is 1. The molecule has 2 N–H and O–H groups in total. The predicted molar refractivity (Wildman–Crippen MR) is 69.4 cm³/mol. The molecule has 0 saturated heterocycles. The number of rotatable bonds is 3. The predicted octanol–water partition coefficient (Wildman–Crippen LogP) is 3.37. The molecule has 0 radical (unpaired) electrons. The minimum absolute atomic E-state index is 0.0469. The highest BCUT2D eigenvalue weighted by Gasteiger charge is 2.10. The Bertz CT molecular complexity index is 578. The Morgan fingerprint density at radius 1 is 1.28 bits per heavy atom. The van der Waals surface area contributed by atoms with Crippen LogP contribution >= 0.6 is 15.9 Å². The highest BCUT2D eigenvalue weighted by Crippen LogP contribution is 2.30. The molecule has 0 atom stereocenters. The van der Waals surface area contributed by atoms with Crippen molar-refractivity contribution in [2.24, 2.45) is 0 Å². The van der Waals surface area contributed by atoms with E-state index in [1.807, 2.05) is 0 Å². The second-order valence-corrected chi connectivity index (χ2v) is 4.34. The van der Waals surface area contributed by atoms with E-state index in [9.17, 15) is 4.39 Å². The molecule has 2 aromatic rings. The molecule has 0 bridgehead atoms. The minimum atomic E-state index is -0.506. The van der Waals surface area contributed by atoms with Gasteiger partial charge in [0, 0.05) is 10.5 Å². The van der Waals surface area contributed by atoms with Crippen LogP contribution in [-0.4, -0.2) is 12.1 Å². The van der Waals surface area contributed by atoms with E-state index >= 15 is 0 Å². The summed E-state index contributed by atoms with van der Waals surface area (Å²) in [6.07, 6.45) is 0. The Balaban J connectivity index is 2.33. The van der Waals surface area contributed by atoms with Crippen LogP contribution < -0.4 is 15.2 Å². The van der Waals surface area contributed by atoms with Gasteiger partial charge < -0.3 is 15.2 Å². The van der Waals surface area contributed by atoms with E-state index in [1.165, 1.54) is 19.2 Å². The third kappa shape index (κ3) is 2.70. The number of nitrogens with zero attached hydrogens (tertiary/aromatic N) is 1. The van der Waals surface area contributed by atoms with Gasteiger partial charge in [0.15, 0.2) is 11.6 Å². The first-order chi connectivity index (χ1) is 8.60. The fraction of sp³-hybridized carbons (Fsp3) is 0.0833. The summed E-state index contributed by atoms with van der Waals surface area (Å²) in [7, 11) is 1.47. The number of ether oxygens (including phenoxy) is 2. The topological polar surface area (TPSA) is 57.4 Å². The summed E-state index contributed by atoms with van der Waals surface area (Å²) in [6.45, 7) is 0. The molecule has 94 valence electrons. The Labute approximate surface area is 112 Å². The quantitative estimate of drug-likeness (QED) is 0.944. The fourth-order valence-corrected chi connectivity index (χ4v) is 1.62. The maximum atomic E-state index is 13.6. The number of anilines is 1. The Morgan fingerprint density at radius 3 is 2.72 bits per heavy atom. The number of hydrogen-bond acceptors (Lipinski definition) is 4. The molecule has 4 nitrogen and oxygen atoms in total. The molecule has 1 aromatic heterocycles. The molecule has 0 amide bonds. The molecule has 1 heterocycles. The van der Waals surface area contributed by atoms with Crippen LogP contribution in [0.4, 0.5) is 10.1 Å². The average Bonchev–Trinajstić information content (AvgIpc) is 2.35. The maximum Gasteiger partial charge on any atom is 0.246 e. The van der Waals surface area contributed by atoms with Crippen LogP contribution in [-0.2, 0) is 0 Å². The van der Waals surface area contributed by atoms with E-state index < -0.39 is 5.82 Å². The van der Waals surface area contributed by atoms with Crippen LogP contribution in [0.15, 0.2) is 34.8 Å². The molecular formula is C12H10BrFN2O2. The summed E-state index contributed by atoms with van der Waals surface area (Å²) in [6, 6.07) is 7.62. The molecule has 18 heavy (non-hydrogen) atoms. The SMILES string of the molecule is COc1ccc(N)c(Oc2ccc(Br)cc2F)n1. The van der Waals surface area contributed by atoms with Gasteiger partial charge in [0.1, 0.15) is 0 Å². The normalized spacial score (nSPS) is 10.2. The molecule has 0 unspecified atom stereocenters. The third-order valence-electron chi connectivity index (χ3n) is 2.17. The monoisotopic (exact) mass is 312 g/mol. The van der Waals surface area contributed by atoms with Crippen LogP contribution in [0.25, 0.3) is 0 Å². The van der Waals surface area contributed by atoms with E-state index in [-0.39, 0.29) is 11.6 Å². The van der Waals surface area contributed by atoms with Gasteiger partial charge in [0.25, 0.3) is 0 Å². The zero-order valence-corrected chi connectivity index (χ0v) is 11.1. The van der Waals surface area contributed by atoms with Crippen molar-refractivity contribution in [1.82, 2.24) is 4.98 Å². The first-order valence-electron chi connectivity index (χ1n) is 5.03. The summed E-state index contributed by atoms with van der Waals surface area (Å²) < 4.78 is 24.5. The number of halogens is 2. The lowest BCUT2D eigenvalue weighted by molar-refractivity contribution is 0.379. The molecule has 0 fully saturated rings. The molecule has 1 aromatic carbocycles. The van der Waals surface area contributed by atoms with Crippen LogP contribution in [0.1, 0.15) is 0 Å². The van der Waals surface area contributed by atoms with Gasteiger partial charge in [-0.15, -0.1) is 0 Å². The van der Waals surface area contributed by atoms with E-state index in [1.54, 1.807) is 18.2 Å². The minimum Gasteiger partial charge on any atom is -0.481 e. The molecule has 6 heteroatoms. The van der Waals surface area contributed by atoms with Crippen LogP contribution in [0.3, 0.4) is 0 Å².